The summed E-state index contributed by atoms with van der Waals surface area (Å²) in [7, 11) is 0. The van der Waals surface area contributed by atoms with Gasteiger partial charge in [-0.05, 0) is 58.4 Å². The summed E-state index contributed by atoms with van der Waals surface area (Å²) >= 11 is 20.7. The van der Waals surface area contributed by atoms with Crippen LogP contribution in [0.1, 0.15) is 11.1 Å². The van der Waals surface area contributed by atoms with E-state index in [2.05, 4.69) is 36.8 Å². The molecule has 0 radical (unpaired) electrons. The van der Waals surface area contributed by atoms with Crippen LogP contribution in [-0.2, 0) is 6.61 Å². The summed E-state index contributed by atoms with van der Waals surface area (Å²) in [5.41, 5.74) is 3.05. The zero-order valence-electron chi connectivity index (χ0n) is 16.1. The summed E-state index contributed by atoms with van der Waals surface area (Å²) < 4.78 is 9.94. The second kappa shape index (κ2) is 8.80. The van der Waals surface area contributed by atoms with Gasteiger partial charge in [0.2, 0.25) is 0 Å². The van der Waals surface area contributed by atoms with Gasteiger partial charge < -0.3 is 4.74 Å². The van der Waals surface area contributed by atoms with Gasteiger partial charge in [-0.3, -0.25) is 4.79 Å². The first-order valence-electron chi connectivity index (χ1n) is 9.38. The molecule has 0 bridgehead atoms. The van der Waals surface area contributed by atoms with Crippen LogP contribution in [0.15, 0.2) is 68.3 Å². The van der Waals surface area contributed by atoms with E-state index in [0.717, 1.165) is 31.1 Å². The lowest BCUT2D eigenvalue weighted by molar-refractivity contribution is 0.303. The zero-order chi connectivity index (χ0) is 22.4. The van der Waals surface area contributed by atoms with E-state index in [1.165, 1.54) is 11.3 Å². The quantitative estimate of drug-likeness (QED) is 0.223. The molecule has 32 heavy (non-hydrogen) atoms. The first kappa shape index (κ1) is 21.9. The first-order valence-corrected chi connectivity index (χ1v) is 12.5. The average molecular weight is 611 g/mol. The van der Waals surface area contributed by atoms with E-state index >= 15 is 0 Å². The summed E-state index contributed by atoms with van der Waals surface area (Å²) in [4.78, 5) is 18.4. The number of hydrogen-bond acceptors (Lipinski definition) is 4. The molecule has 0 fully saturated rings. The molecule has 0 aliphatic carbocycles. The molecule has 0 spiro atoms. The minimum absolute atomic E-state index is 0.110. The Balaban J connectivity index is 1.60. The molecule has 3 aromatic carbocycles. The lowest BCUT2D eigenvalue weighted by atomic mass is 10.2. The molecule has 9 heteroatoms. The fourth-order valence-corrected chi connectivity index (χ4v) is 6.20. The van der Waals surface area contributed by atoms with Gasteiger partial charge in [-0.1, -0.05) is 68.7 Å². The van der Waals surface area contributed by atoms with Crippen LogP contribution in [0.2, 0.25) is 10.0 Å². The fourth-order valence-electron chi connectivity index (χ4n) is 3.38. The number of thiazole rings is 1. The van der Waals surface area contributed by atoms with E-state index < -0.39 is 0 Å². The van der Waals surface area contributed by atoms with E-state index in [1.807, 2.05) is 48.5 Å². The number of halogens is 4. The summed E-state index contributed by atoms with van der Waals surface area (Å²) in [6.45, 7) is 0.250. The number of benzene rings is 3. The van der Waals surface area contributed by atoms with Crippen LogP contribution in [-0.4, -0.2) is 9.38 Å². The minimum atomic E-state index is -0.110. The molecule has 0 aliphatic rings. The van der Waals surface area contributed by atoms with Crippen molar-refractivity contribution in [1.29, 1.82) is 0 Å². The van der Waals surface area contributed by atoms with E-state index in [0.29, 0.717) is 25.3 Å². The lowest BCUT2D eigenvalue weighted by Crippen LogP contribution is -2.22. The van der Waals surface area contributed by atoms with Crippen molar-refractivity contribution in [1.82, 2.24) is 9.38 Å². The number of fused-ring (bicyclic) bond motifs is 3. The molecule has 2 aromatic heterocycles. The van der Waals surface area contributed by atoms with Gasteiger partial charge in [0.1, 0.15) is 12.4 Å². The second-order valence-electron chi connectivity index (χ2n) is 6.96. The Morgan fingerprint density at radius 1 is 1.09 bits per heavy atom. The molecule has 0 amide bonds. The van der Waals surface area contributed by atoms with Gasteiger partial charge in [-0.2, -0.15) is 0 Å². The second-order valence-corrected chi connectivity index (χ2v) is 10.6. The van der Waals surface area contributed by atoms with Crippen LogP contribution in [0.3, 0.4) is 0 Å². The molecule has 160 valence electrons. The van der Waals surface area contributed by atoms with Crippen molar-refractivity contribution in [2.24, 2.45) is 0 Å². The molecule has 0 saturated heterocycles. The van der Waals surface area contributed by atoms with Crippen LogP contribution < -0.4 is 14.8 Å². The molecule has 4 nitrogen and oxygen atoms in total. The average Bonchev–Trinajstić information content (AvgIpc) is 3.25. The number of ether oxygens (including phenoxy) is 1. The first-order chi connectivity index (χ1) is 15.4. The third-order valence-electron chi connectivity index (χ3n) is 4.86. The van der Waals surface area contributed by atoms with E-state index in [1.54, 1.807) is 16.5 Å². The molecule has 0 aliphatic heterocycles. The SMILES string of the molecule is O=c1c(=Cc2cc(Br)cc(Br)c2OCc2ccc(Cl)cc2Cl)sc2nc3ccccc3n12. The Morgan fingerprint density at radius 2 is 1.91 bits per heavy atom. The highest BCUT2D eigenvalue weighted by Gasteiger charge is 2.14. The number of aromatic nitrogens is 2. The highest BCUT2D eigenvalue weighted by Crippen LogP contribution is 2.35. The van der Waals surface area contributed by atoms with Gasteiger partial charge in [0, 0.05) is 25.6 Å². The highest BCUT2D eigenvalue weighted by molar-refractivity contribution is 9.11. The molecule has 0 unspecified atom stereocenters. The van der Waals surface area contributed by atoms with Gasteiger partial charge in [-0.25, -0.2) is 9.38 Å². The predicted molar refractivity (Wildman–Crippen MR) is 138 cm³/mol. The molecule has 2 heterocycles. The van der Waals surface area contributed by atoms with Crippen molar-refractivity contribution >= 4 is 88.5 Å². The topological polar surface area (TPSA) is 43.6 Å². The van der Waals surface area contributed by atoms with Gasteiger partial charge in [0.15, 0.2) is 4.96 Å². The maximum Gasteiger partial charge on any atom is 0.274 e. The normalized spacial score (nSPS) is 12.2. The van der Waals surface area contributed by atoms with Crippen molar-refractivity contribution in [2.75, 3.05) is 0 Å². The smallest absolute Gasteiger partial charge is 0.274 e. The number of rotatable bonds is 4. The minimum Gasteiger partial charge on any atom is -0.487 e. The van der Waals surface area contributed by atoms with E-state index in [-0.39, 0.29) is 12.2 Å². The van der Waals surface area contributed by atoms with Crippen LogP contribution in [0.25, 0.3) is 22.1 Å². The summed E-state index contributed by atoms with van der Waals surface area (Å²) in [6, 6.07) is 16.7. The highest BCUT2D eigenvalue weighted by atomic mass is 79.9. The largest absolute Gasteiger partial charge is 0.487 e. The zero-order valence-corrected chi connectivity index (χ0v) is 21.6. The standard InChI is InChI=1S/C23H12Br2Cl2N2O2S/c24-14-7-13(21(16(25)9-14)31-11-12-5-6-15(26)10-17(12)27)8-20-22(30)29-19-4-2-1-3-18(19)28-23(29)32-20/h1-10H,11H2. The molecular formula is C23H12Br2Cl2N2O2S. The van der Waals surface area contributed by atoms with Crippen molar-refractivity contribution in [3.63, 3.8) is 0 Å². The Kier molecular flexibility index (Phi) is 6.03. The monoisotopic (exact) mass is 608 g/mol. The third-order valence-corrected chi connectivity index (χ3v) is 7.46. The maximum atomic E-state index is 13.2. The molecule has 5 rings (SSSR count). The van der Waals surface area contributed by atoms with E-state index in [9.17, 15) is 4.79 Å². The van der Waals surface area contributed by atoms with E-state index in [4.69, 9.17) is 27.9 Å². The maximum absolute atomic E-state index is 13.2. The molecule has 5 aromatic rings. The Hall–Kier alpha value is -1.90. The third kappa shape index (κ3) is 4.08. The number of para-hydroxylation sites is 2. The number of imidazole rings is 1. The van der Waals surface area contributed by atoms with Crippen LogP contribution >= 0.6 is 66.4 Å². The summed E-state index contributed by atoms with van der Waals surface area (Å²) in [5.74, 6) is 0.606. The molecular weight excluding hydrogens is 599 g/mol. The van der Waals surface area contributed by atoms with Crippen LogP contribution in [0.5, 0.6) is 5.75 Å². The Morgan fingerprint density at radius 3 is 2.72 bits per heavy atom. The van der Waals surface area contributed by atoms with Gasteiger partial charge >= 0.3 is 0 Å². The number of nitrogens with zero attached hydrogens (tertiary/aromatic N) is 2. The van der Waals surface area contributed by atoms with Gasteiger partial charge in [0.25, 0.3) is 5.56 Å². The van der Waals surface area contributed by atoms with Gasteiger partial charge in [0.05, 0.1) is 20.0 Å². The number of hydrogen-bond donors (Lipinski definition) is 0. The fraction of sp³-hybridized carbons (Fsp3) is 0.0435. The molecule has 0 atom stereocenters. The summed E-state index contributed by atoms with van der Waals surface area (Å²) in [5, 5.41) is 1.10. The summed E-state index contributed by atoms with van der Waals surface area (Å²) in [6.07, 6.45) is 1.82. The van der Waals surface area contributed by atoms with Crippen molar-refractivity contribution in [3.05, 3.63) is 99.6 Å². The van der Waals surface area contributed by atoms with Crippen molar-refractivity contribution in [3.8, 4) is 5.75 Å². The predicted octanol–water partition coefficient (Wildman–Crippen LogP) is 6.87. The van der Waals surface area contributed by atoms with Crippen molar-refractivity contribution in [2.45, 2.75) is 6.61 Å². The molecule has 0 N–H and O–H groups in total. The van der Waals surface area contributed by atoms with Crippen molar-refractivity contribution < 1.29 is 4.74 Å². The molecule has 0 saturated carbocycles. The lowest BCUT2D eigenvalue weighted by Gasteiger charge is -2.13. The Labute approximate surface area is 213 Å². The van der Waals surface area contributed by atoms with Gasteiger partial charge in [-0.15, -0.1) is 0 Å². The Bertz CT molecular complexity index is 1610. The van der Waals surface area contributed by atoms with Crippen LogP contribution in [0.4, 0.5) is 0 Å². The van der Waals surface area contributed by atoms with Crippen LogP contribution in [0, 0.1) is 0 Å².